The average Bonchev–Trinajstić information content (AvgIpc) is 3.06. The summed E-state index contributed by atoms with van der Waals surface area (Å²) >= 11 is 0. The lowest BCUT2D eigenvalue weighted by Crippen LogP contribution is -2.27. The molecule has 0 aromatic carbocycles. The molecule has 0 atom stereocenters. The first-order valence-electron chi connectivity index (χ1n) is 7.31. The van der Waals surface area contributed by atoms with E-state index in [1.54, 1.807) is 0 Å². The van der Waals surface area contributed by atoms with E-state index >= 15 is 0 Å². The van der Waals surface area contributed by atoms with Crippen molar-refractivity contribution in [3.05, 3.63) is 23.7 Å². The van der Waals surface area contributed by atoms with Gasteiger partial charge in [0.2, 0.25) is 0 Å². The maximum absolute atomic E-state index is 5.58. The number of nitrogens with zero attached hydrogens (tertiary/aromatic N) is 1. The molecular weight excluding hydrogens is 224 g/mol. The van der Waals surface area contributed by atoms with E-state index < -0.39 is 0 Å². The molecule has 0 spiro atoms. The Morgan fingerprint density at radius 1 is 1.39 bits per heavy atom. The van der Waals surface area contributed by atoms with Gasteiger partial charge in [-0.2, -0.15) is 0 Å². The molecule has 1 fully saturated rings. The molecule has 3 nitrogen and oxygen atoms in total. The van der Waals surface area contributed by atoms with Crippen LogP contribution in [0.15, 0.2) is 16.7 Å². The van der Waals surface area contributed by atoms with Gasteiger partial charge in [-0.1, -0.05) is 13.8 Å². The van der Waals surface area contributed by atoms with Gasteiger partial charge in [-0.25, -0.2) is 0 Å². The van der Waals surface area contributed by atoms with Crippen molar-refractivity contribution in [2.45, 2.75) is 46.2 Å². The van der Waals surface area contributed by atoms with E-state index in [0.29, 0.717) is 0 Å². The van der Waals surface area contributed by atoms with Gasteiger partial charge in [0, 0.05) is 18.7 Å². The highest BCUT2D eigenvalue weighted by Crippen LogP contribution is 2.30. The van der Waals surface area contributed by atoms with Gasteiger partial charge < -0.3 is 9.73 Å². The summed E-state index contributed by atoms with van der Waals surface area (Å²) in [5, 5.41) is 3.34. The van der Waals surface area contributed by atoms with Crippen molar-refractivity contribution in [2.75, 3.05) is 19.6 Å². The molecule has 1 N–H and O–H groups in total. The maximum atomic E-state index is 5.58. The second-order valence-electron chi connectivity index (χ2n) is 5.33. The van der Waals surface area contributed by atoms with Crippen LogP contribution in [0.5, 0.6) is 0 Å². The van der Waals surface area contributed by atoms with E-state index in [4.69, 9.17) is 4.42 Å². The Morgan fingerprint density at radius 2 is 2.22 bits per heavy atom. The van der Waals surface area contributed by atoms with Crippen LogP contribution in [-0.2, 0) is 13.1 Å². The van der Waals surface area contributed by atoms with Crippen LogP contribution in [0.4, 0.5) is 0 Å². The first-order valence-corrected chi connectivity index (χ1v) is 7.31. The molecule has 0 amide bonds. The Bertz CT molecular complexity index is 344. The molecule has 1 aromatic rings. The lowest BCUT2D eigenvalue weighted by molar-refractivity contribution is 0.253. The second kappa shape index (κ2) is 6.95. The lowest BCUT2D eigenvalue weighted by atomic mass is 10.2. The van der Waals surface area contributed by atoms with Crippen molar-refractivity contribution in [1.82, 2.24) is 10.2 Å². The van der Waals surface area contributed by atoms with E-state index in [0.717, 1.165) is 31.3 Å². The van der Waals surface area contributed by atoms with E-state index in [-0.39, 0.29) is 0 Å². The number of hydrogen-bond donors (Lipinski definition) is 1. The van der Waals surface area contributed by atoms with Crippen LogP contribution < -0.4 is 5.32 Å². The van der Waals surface area contributed by atoms with E-state index in [9.17, 15) is 0 Å². The van der Waals surface area contributed by atoms with Crippen LogP contribution in [-0.4, -0.2) is 24.5 Å². The van der Waals surface area contributed by atoms with Gasteiger partial charge in [-0.05, 0) is 44.3 Å². The summed E-state index contributed by atoms with van der Waals surface area (Å²) < 4.78 is 5.58. The Morgan fingerprint density at radius 3 is 2.89 bits per heavy atom. The molecule has 0 unspecified atom stereocenters. The minimum absolute atomic E-state index is 0.849. The summed E-state index contributed by atoms with van der Waals surface area (Å²) in [7, 11) is 0. The molecule has 0 bridgehead atoms. The zero-order valence-electron chi connectivity index (χ0n) is 11.7. The summed E-state index contributed by atoms with van der Waals surface area (Å²) in [6, 6.07) is 2.13. The third kappa shape index (κ3) is 4.14. The zero-order chi connectivity index (χ0) is 12.8. The Labute approximate surface area is 111 Å². The van der Waals surface area contributed by atoms with Crippen molar-refractivity contribution in [1.29, 1.82) is 0 Å². The van der Waals surface area contributed by atoms with Crippen LogP contribution >= 0.6 is 0 Å². The van der Waals surface area contributed by atoms with Gasteiger partial charge in [-0.3, -0.25) is 4.90 Å². The van der Waals surface area contributed by atoms with Crippen LogP contribution in [0.1, 0.15) is 44.4 Å². The average molecular weight is 250 g/mol. The summed E-state index contributed by atoms with van der Waals surface area (Å²) in [4.78, 5) is 2.58. The van der Waals surface area contributed by atoms with E-state index in [1.807, 2.05) is 6.26 Å². The van der Waals surface area contributed by atoms with Gasteiger partial charge in [0.1, 0.15) is 5.76 Å². The SMILES string of the molecule is CCCN(Cc1ccoc1CNCC)CC1CC1. The van der Waals surface area contributed by atoms with Crippen molar-refractivity contribution in [2.24, 2.45) is 5.92 Å². The molecule has 3 heteroatoms. The van der Waals surface area contributed by atoms with Crippen LogP contribution in [0.3, 0.4) is 0 Å². The standard InChI is InChI=1S/C15H26N2O/c1-3-8-17(11-13-5-6-13)12-14-7-9-18-15(14)10-16-4-2/h7,9,13,16H,3-6,8,10-12H2,1-2H3. The molecule has 102 valence electrons. The quantitative estimate of drug-likeness (QED) is 0.730. The Balaban J connectivity index is 1.89. The fraction of sp³-hybridized carbons (Fsp3) is 0.733. The van der Waals surface area contributed by atoms with Crippen LogP contribution in [0, 0.1) is 5.92 Å². The monoisotopic (exact) mass is 250 g/mol. The van der Waals surface area contributed by atoms with E-state index in [2.05, 4.69) is 30.1 Å². The zero-order valence-corrected chi connectivity index (χ0v) is 11.7. The first kappa shape index (κ1) is 13.6. The molecule has 2 rings (SSSR count). The normalized spacial score (nSPS) is 15.5. The minimum atomic E-state index is 0.849. The lowest BCUT2D eigenvalue weighted by Gasteiger charge is -2.21. The highest BCUT2D eigenvalue weighted by molar-refractivity contribution is 5.17. The number of furan rings is 1. The van der Waals surface area contributed by atoms with Gasteiger partial charge in [0.25, 0.3) is 0 Å². The topological polar surface area (TPSA) is 28.4 Å². The third-order valence-corrected chi connectivity index (χ3v) is 3.52. The Kier molecular flexibility index (Phi) is 5.26. The highest BCUT2D eigenvalue weighted by Gasteiger charge is 2.24. The predicted octanol–water partition coefficient (Wildman–Crippen LogP) is 3.01. The van der Waals surface area contributed by atoms with Crippen molar-refractivity contribution in [3.63, 3.8) is 0 Å². The number of rotatable bonds is 9. The molecule has 1 saturated carbocycles. The molecule has 1 aromatic heterocycles. The molecule has 1 aliphatic rings. The smallest absolute Gasteiger partial charge is 0.122 e. The molecule has 0 aliphatic heterocycles. The molecule has 0 radical (unpaired) electrons. The number of hydrogen-bond acceptors (Lipinski definition) is 3. The molecule has 1 aliphatic carbocycles. The summed E-state index contributed by atoms with van der Waals surface area (Å²) in [5.41, 5.74) is 1.35. The molecular formula is C15H26N2O. The summed E-state index contributed by atoms with van der Waals surface area (Å²) in [5.74, 6) is 2.06. The molecule has 0 saturated heterocycles. The summed E-state index contributed by atoms with van der Waals surface area (Å²) in [6.45, 7) is 9.72. The second-order valence-corrected chi connectivity index (χ2v) is 5.33. The maximum Gasteiger partial charge on any atom is 0.122 e. The van der Waals surface area contributed by atoms with Gasteiger partial charge in [0.05, 0.1) is 12.8 Å². The largest absolute Gasteiger partial charge is 0.468 e. The van der Waals surface area contributed by atoms with E-state index in [1.165, 1.54) is 37.9 Å². The third-order valence-electron chi connectivity index (χ3n) is 3.52. The molecule has 18 heavy (non-hydrogen) atoms. The van der Waals surface area contributed by atoms with Crippen molar-refractivity contribution >= 4 is 0 Å². The fourth-order valence-electron chi connectivity index (χ4n) is 2.36. The van der Waals surface area contributed by atoms with Crippen molar-refractivity contribution in [3.8, 4) is 0 Å². The minimum Gasteiger partial charge on any atom is -0.468 e. The van der Waals surface area contributed by atoms with Gasteiger partial charge in [-0.15, -0.1) is 0 Å². The Hall–Kier alpha value is -0.800. The van der Waals surface area contributed by atoms with Gasteiger partial charge in [0.15, 0.2) is 0 Å². The van der Waals surface area contributed by atoms with Crippen LogP contribution in [0.25, 0.3) is 0 Å². The summed E-state index contributed by atoms with van der Waals surface area (Å²) in [6.07, 6.45) is 5.90. The predicted molar refractivity (Wildman–Crippen MR) is 74.4 cm³/mol. The van der Waals surface area contributed by atoms with Gasteiger partial charge >= 0.3 is 0 Å². The van der Waals surface area contributed by atoms with Crippen molar-refractivity contribution < 1.29 is 4.42 Å². The number of nitrogens with one attached hydrogen (secondary N) is 1. The van der Waals surface area contributed by atoms with Crippen LogP contribution in [0.2, 0.25) is 0 Å². The first-order chi connectivity index (χ1) is 8.83. The molecule has 1 heterocycles. The highest BCUT2D eigenvalue weighted by atomic mass is 16.3. The fourth-order valence-corrected chi connectivity index (χ4v) is 2.36.